The van der Waals surface area contributed by atoms with Gasteiger partial charge in [-0.25, -0.2) is 4.79 Å². The highest BCUT2D eigenvalue weighted by Crippen LogP contribution is 2.08. The molecule has 8 heteroatoms. The molecule has 0 spiro atoms. The molecule has 0 amide bonds. The van der Waals surface area contributed by atoms with Crippen molar-refractivity contribution in [1.29, 1.82) is 0 Å². The van der Waals surface area contributed by atoms with E-state index >= 15 is 0 Å². The summed E-state index contributed by atoms with van der Waals surface area (Å²) in [7, 11) is 0. The second kappa shape index (κ2) is 4.83. The average Bonchev–Trinajstić information content (AvgIpc) is 2.56. The molecular formula is C9H12N2O6. The van der Waals surface area contributed by atoms with Crippen LogP contribution in [0.3, 0.4) is 0 Å². The number of nitrogens with zero attached hydrogens (tertiary/aromatic N) is 1. The van der Waals surface area contributed by atoms with Gasteiger partial charge in [-0.1, -0.05) is 0 Å². The van der Waals surface area contributed by atoms with Gasteiger partial charge in [0.2, 0.25) is 5.76 Å². The third-order valence-electron chi connectivity index (χ3n) is 2.18. The first-order valence-corrected chi connectivity index (χ1v) is 4.83. The number of aromatic carboxylic acids is 1. The van der Waals surface area contributed by atoms with Gasteiger partial charge in [0.1, 0.15) is 6.04 Å². The Kier molecular flexibility index (Phi) is 3.69. The van der Waals surface area contributed by atoms with Gasteiger partial charge in [0.05, 0.1) is 12.1 Å². The van der Waals surface area contributed by atoms with Crippen molar-refractivity contribution in [2.24, 2.45) is 5.73 Å². The maximum absolute atomic E-state index is 11.6. The lowest BCUT2D eigenvalue weighted by Gasteiger charge is -2.02. The summed E-state index contributed by atoms with van der Waals surface area (Å²) in [6, 6.07) is -1.34. The fourth-order valence-electron chi connectivity index (χ4n) is 1.32. The summed E-state index contributed by atoms with van der Waals surface area (Å²) in [6.07, 6.45) is -0.383. The molecule has 0 aliphatic carbocycles. The Morgan fingerprint density at radius 2 is 2.06 bits per heavy atom. The second-order valence-corrected chi connectivity index (χ2v) is 3.35. The highest BCUT2D eigenvalue weighted by Gasteiger charge is 2.25. The van der Waals surface area contributed by atoms with Crippen molar-refractivity contribution < 1.29 is 24.3 Å². The largest absolute Gasteiger partial charge is 0.480 e. The van der Waals surface area contributed by atoms with E-state index < -0.39 is 29.3 Å². The second-order valence-electron chi connectivity index (χ2n) is 3.35. The summed E-state index contributed by atoms with van der Waals surface area (Å²) in [5, 5.41) is 17.4. The minimum atomic E-state index is -1.43. The fourth-order valence-corrected chi connectivity index (χ4v) is 1.32. The summed E-state index contributed by atoms with van der Waals surface area (Å²) in [5.74, 6) is -3.31. The summed E-state index contributed by atoms with van der Waals surface area (Å²) in [4.78, 5) is 33.0. The molecule has 0 saturated carbocycles. The highest BCUT2D eigenvalue weighted by molar-refractivity contribution is 5.86. The summed E-state index contributed by atoms with van der Waals surface area (Å²) in [6.45, 7) is 1.75. The Morgan fingerprint density at radius 3 is 2.47 bits per heavy atom. The van der Waals surface area contributed by atoms with Crippen molar-refractivity contribution in [3.05, 3.63) is 21.7 Å². The molecule has 1 rings (SSSR count). The Morgan fingerprint density at radius 1 is 1.47 bits per heavy atom. The number of hydrogen-bond acceptors (Lipinski definition) is 5. The zero-order valence-electron chi connectivity index (χ0n) is 9.04. The quantitative estimate of drug-likeness (QED) is 0.611. The number of nitrogens with two attached hydrogens (primary N) is 1. The van der Waals surface area contributed by atoms with Gasteiger partial charge in [-0.05, 0) is 6.92 Å². The minimum Gasteiger partial charge on any atom is -0.480 e. The van der Waals surface area contributed by atoms with Crippen LogP contribution in [0.1, 0.15) is 23.0 Å². The number of hydrogen-bond donors (Lipinski definition) is 3. The first-order valence-electron chi connectivity index (χ1n) is 4.83. The minimum absolute atomic E-state index is 0.154. The van der Waals surface area contributed by atoms with Gasteiger partial charge in [0, 0.05) is 6.42 Å². The molecule has 1 heterocycles. The number of aromatic nitrogens is 1. The van der Waals surface area contributed by atoms with Gasteiger partial charge in [0.25, 0.3) is 5.56 Å². The van der Waals surface area contributed by atoms with Crippen molar-refractivity contribution in [3.63, 3.8) is 0 Å². The molecule has 1 aromatic rings. The SMILES string of the molecule is CCn1oc(C(=O)O)c(C[C@H](N)C(=O)O)c1=O. The van der Waals surface area contributed by atoms with Crippen LogP contribution >= 0.6 is 0 Å². The van der Waals surface area contributed by atoms with Crippen LogP contribution in [0.4, 0.5) is 0 Å². The molecule has 94 valence electrons. The van der Waals surface area contributed by atoms with Crippen LogP contribution in [-0.2, 0) is 17.8 Å². The van der Waals surface area contributed by atoms with Crippen LogP contribution in [0, 0.1) is 0 Å². The number of aryl methyl sites for hydroxylation is 1. The molecule has 1 atom stereocenters. The van der Waals surface area contributed by atoms with E-state index in [1.807, 2.05) is 0 Å². The highest BCUT2D eigenvalue weighted by atomic mass is 16.5. The van der Waals surface area contributed by atoms with E-state index in [9.17, 15) is 14.4 Å². The molecule has 0 bridgehead atoms. The van der Waals surface area contributed by atoms with Crippen molar-refractivity contribution >= 4 is 11.9 Å². The zero-order chi connectivity index (χ0) is 13.2. The predicted molar refractivity (Wildman–Crippen MR) is 54.9 cm³/mol. The molecule has 17 heavy (non-hydrogen) atoms. The monoisotopic (exact) mass is 244 g/mol. The van der Waals surface area contributed by atoms with Crippen LogP contribution in [0.5, 0.6) is 0 Å². The third-order valence-corrected chi connectivity index (χ3v) is 2.18. The standard InChI is InChI=1S/C9H12N2O6/c1-2-11-7(12)4(3-5(10)8(13)14)6(17-11)9(15)16/h5H,2-3,10H2,1H3,(H,13,14)(H,15,16)/t5-/m0/s1. The lowest BCUT2D eigenvalue weighted by molar-refractivity contribution is -0.138. The van der Waals surface area contributed by atoms with Crippen LogP contribution in [0.25, 0.3) is 0 Å². The molecule has 0 aromatic carbocycles. The van der Waals surface area contributed by atoms with Crippen molar-refractivity contribution in [1.82, 2.24) is 4.74 Å². The van der Waals surface area contributed by atoms with Crippen LogP contribution in [0.2, 0.25) is 0 Å². The van der Waals surface area contributed by atoms with E-state index in [2.05, 4.69) is 0 Å². The van der Waals surface area contributed by atoms with E-state index in [0.717, 1.165) is 4.74 Å². The first kappa shape index (κ1) is 13.0. The van der Waals surface area contributed by atoms with E-state index in [1.165, 1.54) is 0 Å². The van der Waals surface area contributed by atoms with Crippen molar-refractivity contribution in [2.45, 2.75) is 25.9 Å². The normalized spacial score (nSPS) is 12.4. The Bertz CT molecular complexity index is 500. The Labute approximate surface area is 95.2 Å². The smallest absolute Gasteiger partial charge is 0.375 e. The van der Waals surface area contributed by atoms with Gasteiger partial charge in [-0.3, -0.25) is 9.59 Å². The molecule has 0 radical (unpaired) electrons. The van der Waals surface area contributed by atoms with E-state index in [0.29, 0.717) is 0 Å². The van der Waals surface area contributed by atoms with Gasteiger partial charge in [0.15, 0.2) is 0 Å². The average molecular weight is 244 g/mol. The van der Waals surface area contributed by atoms with Gasteiger partial charge in [-0.2, -0.15) is 4.74 Å². The number of carbonyl (C=O) groups is 2. The van der Waals surface area contributed by atoms with Gasteiger partial charge >= 0.3 is 11.9 Å². The third kappa shape index (κ3) is 2.53. The van der Waals surface area contributed by atoms with E-state index in [4.69, 9.17) is 20.5 Å². The van der Waals surface area contributed by atoms with E-state index in [1.54, 1.807) is 6.92 Å². The lowest BCUT2D eigenvalue weighted by Crippen LogP contribution is -2.34. The molecule has 0 saturated heterocycles. The van der Waals surface area contributed by atoms with Gasteiger partial charge < -0.3 is 20.5 Å². The molecule has 0 aliphatic heterocycles. The maximum atomic E-state index is 11.6. The zero-order valence-corrected chi connectivity index (χ0v) is 9.04. The van der Waals surface area contributed by atoms with Crippen LogP contribution < -0.4 is 11.3 Å². The Hall–Kier alpha value is -2.09. The predicted octanol–water partition coefficient (Wildman–Crippen LogP) is -0.886. The summed E-state index contributed by atoms with van der Waals surface area (Å²) < 4.78 is 5.63. The summed E-state index contributed by atoms with van der Waals surface area (Å²) in [5.41, 5.74) is 4.36. The van der Waals surface area contributed by atoms with Crippen LogP contribution in [-0.4, -0.2) is 32.9 Å². The molecule has 4 N–H and O–H groups in total. The van der Waals surface area contributed by atoms with Crippen LogP contribution in [0.15, 0.2) is 9.32 Å². The molecule has 1 aromatic heterocycles. The number of carboxylic acids is 2. The summed E-state index contributed by atoms with van der Waals surface area (Å²) >= 11 is 0. The molecule has 8 nitrogen and oxygen atoms in total. The Balaban J connectivity index is 3.21. The molecule has 0 aliphatic rings. The number of rotatable bonds is 5. The van der Waals surface area contributed by atoms with Crippen molar-refractivity contribution in [3.8, 4) is 0 Å². The number of aliphatic carboxylic acids is 1. The van der Waals surface area contributed by atoms with E-state index in [-0.39, 0.29) is 18.5 Å². The lowest BCUT2D eigenvalue weighted by atomic mass is 10.1. The van der Waals surface area contributed by atoms with Gasteiger partial charge in [-0.15, -0.1) is 0 Å². The molecule has 0 unspecified atom stereocenters. The van der Waals surface area contributed by atoms with Crippen molar-refractivity contribution in [2.75, 3.05) is 0 Å². The maximum Gasteiger partial charge on any atom is 0.375 e. The first-order chi connectivity index (χ1) is 7.88. The topological polar surface area (TPSA) is 136 Å². The molecular weight excluding hydrogens is 232 g/mol. The molecule has 0 fully saturated rings. The fraction of sp³-hybridized carbons (Fsp3) is 0.444. The number of carboxylic acid groups (broad SMARTS) is 2.